The Bertz CT molecular complexity index is 1270. The third-order valence-electron chi connectivity index (χ3n) is 5.60. The second kappa shape index (κ2) is 11.4. The molecule has 1 aliphatic heterocycles. The lowest BCUT2D eigenvalue weighted by Crippen LogP contribution is -2.38. The van der Waals surface area contributed by atoms with Gasteiger partial charge < -0.3 is 19.4 Å². The van der Waals surface area contributed by atoms with Crippen LogP contribution in [0, 0.1) is 11.6 Å². The molecule has 188 valence electrons. The molecule has 4 rings (SSSR count). The molecule has 0 fully saturated rings. The summed E-state index contributed by atoms with van der Waals surface area (Å²) in [7, 11) is 0. The summed E-state index contributed by atoms with van der Waals surface area (Å²) in [6, 6.07) is 14.1. The van der Waals surface area contributed by atoms with E-state index in [1.165, 1.54) is 35.4 Å². The van der Waals surface area contributed by atoms with Gasteiger partial charge in [0.15, 0.2) is 6.61 Å². The molecule has 0 aliphatic carbocycles. The topological polar surface area (TPSA) is 85.3 Å². The van der Waals surface area contributed by atoms with Gasteiger partial charge in [0.25, 0.3) is 0 Å². The van der Waals surface area contributed by atoms with Crippen LogP contribution in [0.5, 0.6) is 5.75 Å². The predicted octanol–water partition coefficient (Wildman–Crippen LogP) is 5.34. The third kappa shape index (κ3) is 6.30. The summed E-state index contributed by atoms with van der Waals surface area (Å²) in [5.74, 6) is -1.75. The maximum atomic E-state index is 13.9. The van der Waals surface area contributed by atoms with Gasteiger partial charge in [-0.2, -0.15) is 0 Å². The highest BCUT2D eigenvalue weighted by Gasteiger charge is 2.34. The number of carbonyl (C=O) groups excluding carboxylic acids is 1. The average Bonchev–Trinajstić information content (AvgIpc) is 2.83. The number of halogens is 3. The van der Waals surface area contributed by atoms with Gasteiger partial charge >= 0.3 is 12.1 Å². The van der Waals surface area contributed by atoms with Gasteiger partial charge in [0.2, 0.25) is 0 Å². The monoisotopic (exact) mass is 517 g/mol. The molecule has 10 heteroatoms. The molecule has 0 spiro atoms. The van der Waals surface area contributed by atoms with Crippen LogP contribution in [0.2, 0.25) is 5.02 Å². The molecule has 0 aromatic heterocycles. The van der Waals surface area contributed by atoms with Crippen LogP contribution in [-0.4, -0.2) is 42.1 Å². The van der Waals surface area contributed by atoms with Crippen molar-refractivity contribution in [1.82, 2.24) is 5.06 Å². The molecular weight excluding hydrogens is 496 g/mol. The molecule has 3 aromatic carbocycles. The van der Waals surface area contributed by atoms with Crippen LogP contribution in [0.3, 0.4) is 0 Å². The highest BCUT2D eigenvalue weighted by Crippen LogP contribution is 2.41. The van der Waals surface area contributed by atoms with E-state index in [2.05, 4.69) is 0 Å². The van der Waals surface area contributed by atoms with E-state index < -0.39 is 30.6 Å². The Morgan fingerprint density at radius 3 is 2.61 bits per heavy atom. The predicted molar refractivity (Wildman–Crippen MR) is 126 cm³/mol. The molecule has 0 unspecified atom stereocenters. The van der Waals surface area contributed by atoms with E-state index >= 15 is 0 Å². The first-order chi connectivity index (χ1) is 17.3. The zero-order chi connectivity index (χ0) is 25.7. The molecule has 3 aromatic rings. The fourth-order valence-corrected chi connectivity index (χ4v) is 4.24. The third-order valence-corrected chi connectivity index (χ3v) is 5.83. The Kier molecular flexibility index (Phi) is 8.02. The average molecular weight is 518 g/mol. The molecular formula is C26H22ClF2NO6. The smallest absolute Gasteiger partial charge is 0.482 e. The Labute approximate surface area is 210 Å². The number of carboxylic acid groups (broad SMARTS) is 1. The number of nitrogens with zero attached hydrogens (tertiary/aromatic N) is 1. The van der Waals surface area contributed by atoms with Crippen molar-refractivity contribution in [2.75, 3.05) is 19.8 Å². The van der Waals surface area contributed by atoms with Gasteiger partial charge in [0.1, 0.15) is 17.4 Å². The van der Waals surface area contributed by atoms with Crippen LogP contribution in [0.1, 0.15) is 28.3 Å². The number of hydrogen-bond donors (Lipinski definition) is 1. The van der Waals surface area contributed by atoms with E-state index in [0.717, 1.165) is 0 Å². The zero-order valence-electron chi connectivity index (χ0n) is 19.0. The summed E-state index contributed by atoms with van der Waals surface area (Å²) in [6.07, 6.45) is -0.302. The van der Waals surface area contributed by atoms with Crippen molar-refractivity contribution in [3.05, 3.63) is 99.6 Å². The first-order valence-electron chi connectivity index (χ1n) is 11.1. The Balaban J connectivity index is 1.57. The van der Waals surface area contributed by atoms with Crippen LogP contribution in [-0.2, 0) is 27.2 Å². The quantitative estimate of drug-likeness (QED) is 0.404. The highest BCUT2D eigenvalue weighted by molar-refractivity contribution is 6.30. The molecule has 7 nitrogen and oxygen atoms in total. The molecule has 1 aliphatic rings. The van der Waals surface area contributed by atoms with Gasteiger partial charge in [-0.05, 0) is 65.6 Å². The van der Waals surface area contributed by atoms with Crippen molar-refractivity contribution in [3.63, 3.8) is 0 Å². The van der Waals surface area contributed by atoms with Crippen molar-refractivity contribution in [1.29, 1.82) is 0 Å². The summed E-state index contributed by atoms with van der Waals surface area (Å²) in [6.45, 7) is -0.432. The number of rotatable bonds is 8. The van der Waals surface area contributed by atoms with Crippen molar-refractivity contribution >= 4 is 23.7 Å². The van der Waals surface area contributed by atoms with Crippen molar-refractivity contribution in [2.45, 2.75) is 18.9 Å². The van der Waals surface area contributed by atoms with Crippen LogP contribution >= 0.6 is 11.6 Å². The number of hydrogen-bond acceptors (Lipinski definition) is 6. The Morgan fingerprint density at radius 1 is 1.03 bits per heavy atom. The first-order valence-corrected chi connectivity index (χ1v) is 11.5. The molecule has 36 heavy (non-hydrogen) atoms. The maximum absolute atomic E-state index is 13.9. The second-order valence-corrected chi connectivity index (χ2v) is 8.51. The lowest BCUT2D eigenvalue weighted by molar-refractivity contribution is -0.151. The second-order valence-electron chi connectivity index (χ2n) is 8.07. The number of aliphatic carboxylic acids is 1. The number of ether oxygens (including phenoxy) is 2. The summed E-state index contributed by atoms with van der Waals surface area (Å²) in [5.41, 5.74) is 2.43. The number of carboxylic acids is 1. The number of carbonyl (C=O) groups is 2. The number of benzene rings is 3. The van der Waals surface area contributed by atoms with Gasteiger partial charge in [-0.15, -0.1) is 5.06 Å². The minimum Gasteiger partial charge on any atom is -0.482 e. The van der Waals surface area contributed by atoms with Gasteiger partial charge in [0, 0.05) is 23.6 Å². The van der Waals surface area contributed by atoms with E-state index in [-0.39, 0.29) is 24.7 Å². The minimum atomic E-state index is -1.17. The molecule has 0 saturated heterocycles. The van der Waals surface area contributed by atoms with E-state index in [1.54, 1.807) is 30.3 Å². The fraction of sp³-hybridized carbons (Fsp3) is 0.231. The van der Waals surface area contributed by atoms with Gasteiger partial charge in [0.05, 0.1) is 12.6 Å². The summed E-state index contributed by atoms with van der Waals surface area (Å²) in [4.78, 5) is 29.1. The molecule has 0 amide bonds. The fourth-order valence-electron chi connectivity index (χ4n) is 4.06. The van der Waals surface area contributed by atoms with Crippen molar-refractivity contribution in [2.24, 2.45) is 0 Å². The molecule has 1 atom stereocenters. The molecule has 0 bridgehead atoms. The van der Waals surface area contributed by atoms with E-state index in [1.807, 2.05) is 0 Å². The van der Waals surface area contributed by atoms with Crippen LogP contribution < -0.4 is 4.74 Å². The lowest BCUT2D eigenvalue weighted by Gasteiger charge is -2.36. The first kappa shape index (κ1) is 25.4. The number of fused-ring (bicyclic) bond motifs is 1. The standard InChI is InChI=1S/C26H22ClF2NO6/c27-18-4-7-23(35-15-24(31)32)22(14-18)25-21-6-5-20(29)13-17(21)8-10-30(25)36-26(33)34-11-9-16-2-1-3-19(28)12-16/h1-7,12-14,25H,8-11,15H2,(H,31,32)/t25-/m0/s1. The van der Waals surface area contributed by atoms with Gasteiger partial charge in [-0.1, -0.05) is 29.8 Å². The maximum Gasteiger partial charge on any atom is 0.527 e. The Morgan fingerprint density at radius 2 is 1.83 bits per heavy atom. The van der Waals surface area contributed by atoms with Gasteiger partial charge in [-0.25, -0.2) is 18.4 Å². The number of hydroxylamine groups is 2. The summed E-state index contributed by atoms with van der Waals surface area (Å²) < 4.78 is 37.9. The van der Waals surface area contributed by atoms with Crippen molar-refractivity contribution < 1.29 is 37.8 Å². The van der Waals surface area contributed by atoms with E-state index in [9.17, 15) is 18.4 Å². The molecule has 1 N–H and O–H groups in total. The SMILES string of the molecule is O=C(O)COc1ccc(Cl)cc1[C@@H]1c2ccc(F)cc2CCN1OC(=O)OCCc1cccc(F)c1. The summed E-state index contributed by atoms with van der Waals surface area (Å²) >= 11 is 6.23. The Hall–Kier alpha value is -3.69. The van der Waals surface area contributed by atoms with Crippen molar-refractivity contribution in [3.8, 4) is 5.75 Å². The normalized spacial score (nSPS) is 15.1. The highest BCUT2D eigenvalue weighted by atomic mass is 35.5. The molecule has 0 radical (unpaired) electrons. The van der Waals surface area contributed by atoms with E-state index in [0.29, 0.717) is 40.1 Å². The zero-order valence-corrected chi connectivity index (χ0v) is 19.7. The largest absolute Gasteiger partial charge is 0.527 e. The summed E-state index contributed by atoms with van der Waals surface area (Å²) in [5, 5.41) is 10.8. The van der Waals surface area contributed by atoms with Gasteiger partial charge in [-0.3, -0.25) is 0 Å². The van der Waals surface area contributed by atoms with Crippen LogP contribution in [0.4, 0.5) is 13.6 Å². The molecule has 1 heterocycles. The molecule has 0 saturated carbocycles. The minimum absolute atomic E-state index is 0.0350. The lowest BCUT2D eigenvalue weighted by atomic mass is 9.89. The van der Waals surface area contributed by atoms with Crippen LogP contribution in [0.15, 0.2) is 60.7 Å². The van der Waals surface area contributed by atoms with Crippen LogP contribution in [0.25, 0.3) is 0 Å². The van der Waals surface area contributed by atoms with E-state index in [4.69, 9.17) is 31.0 Å².